The van der Waals surface area contributed by atoms with Crippen LogP contribution in [0.1, 0.15) is 18.9 Å². The van der Waals surface area contributed by atoms with Gasteiger partial charge in [-0.2, -0.15) is 0 Å². The van der Waals surface area contributed by atoms with E-state index in [2.05, 4.69) is 21.2 Å². The van der Waals surface area contributed by atoms with Crippen LogP contribution in [0.3, 0.4) is 0 Å². The maximum absolute atomic E-state index is 13.0. The van der Waals surface area contributed by atoms with Crippen LogP contribution in [0.25, 0.3) is 0 Å². The number of hydrogen-bond acceptors (Lipinski definition) is 5. The van der Waals surface area contributed by atoms with E-state index in [9.17, 15) is 9.59 Å². The van der Waals surface area contributed by atoms with Crippen molar-refractivity contribution in [1.82, 2.24) is 9.80 Å². The van der Waals surface area contributed by atoms with E-state index >= 15 is 0 Å². The molecule has 0 aliphatic carbocycles. The standard InChI is InChI=1S/C23H26BrN3O4S/c1-4-26-22(29)18(14-21(28)25-17-8-6-16(24)7-9-17)27(23(26)32)12-11-15-5-10-19(30-2)20(13-15)31-3/h5-10,13,18H,4,11-12,14H2,1-3H3,(H,25,28). The molecule has 1 N–H and O–H groups in total. The van der Waals surface area contributed by atoms with Crippen LogP contribution in [-0.4, -0.2) is 60.1 Å². The number of hydrogen-bond donors (Lipinski definition) is 1. The maximum atomic E-state index is 13.0. The van der Waals surface area contributed by atoms with E-state index in [0.29, 0.717) is 41.8 Å². The fourth-order valence-electron chi connectivity index (χ4n) is 3.64. The molecular weight excluding hydrogens is 494 g/mol. The molecule has 0 saturated carbocycles. The first-order chi connectivity index (χ1) is 15.4. The second-order valence-corrected chi connectivity index (χ2v) is 8.55. The minimum atomic E-state index is -0.627. The minimum Gasteiger partial charge on any atom is -0.493 e. The van der Waals surface area contributed by atoms with Gasteiger partial charge >= 0.3 is 0 Å². The van der Waals surface area contributed by atoms with E-state index in [0.717, 1.165) is 10.0 Å². The molecule has 1 fully saturated rings. The lowest BCUT2D eigenvalue weighted by Gasteiger charge is -2.24. The number of likely N-dealkylation sites (N-methyl/N-ethyl adjacent to an activating group) is 1. The molecule has 1 atom stereocenters. The van der Waals surface area contributed by atoms with Gasteiger partial charge in [0.1, 0.15) is 6.04 Å². The predicted molar refractivity (Wildman–Crippen MR) is 131 cm³/mol. The number of benzene rings is 2. The lowest BCUT2D eigenvalue weighted by molar-refractivity contribution is -0.130. The summed E-state index contributed by atoms with van der Waals surface area (Å²) in [5.74, 6) is 0.923. The van der Waals surface area contributed by atoms with E-state index in [4.69, 9.17) is 21.7 Å². The smallest absolute Gasteiger partial charge is 0.252 e. The molecular formula is C23H26BrN3O4S. The number of ether oxygens (including phenoxy) is 2. The van der Waals surface area contributed by atoms with Crippen LogP contribution in [0, 0.1) is 0 Å². The van der Waals surface area contributed by atoms with Crippen molar-refractivity contribution >= 4 is 50.8 Å². The molecule has 1 aliphatic heterocycles. The number of amides is 2. The number of rotatable bonds is 9. The third kappa shape index (κ3) is 5.39. The highest BCUT2D eigenvalue weighted by atomic mass is 79.9. The first kappa shape index (κ1) is 24.0. The zero-order valence-electron chi connectivity index (χ0n) is 18.3. The summed E-state index contributed by atoms with van der Waals surface area (Å²) in [7, 11) is 3.18. The van der Waals surface area contributed by atoms with Crippen molar-refractivity contribution < 1.29 is 19.1 Å². The maximum Gasteiger partial charge on any atom is 0.252 e. The molecule has 1 unspecified atom stereocenters. The third-order valence-electron chi connectivity index (χ3n) is 5.32. The summed E-state index contributed by atoms with van der Waals surface area (Å²) in [5, 5.41) is 3.31. The molecule has 1 heterocycles. The largest absolute Gasteiger partial charge is 0.493 e. The Morgan fingerprint density at radius 1 is 1.12 bits per heavy atom. The molecule has 1 aliphatic rings. The van der Waals surface area contributed by atoms with Crippen molar-refractivity contribution in [3.63, 3.8) is 0 Å². The number of carbonyl (C=O) groups excluding carboxylic acids is 2. The molecule has 9 heteroatoms. The SMILES string of the molecule is CCN1C(=O)C(CC(=O)Nc2ccc(Br)cc2)N(CCc2ccc(OC)c(OC)c2)C1=S. The lowest BCUT2D eigenvalue weighted by atomic mass is 10.1. The summed E-state index contributed by atoms with van der Waals surface area (Å²) < 4.78 is 11.6. The first-order valence-corrected chi connectivity index (χ1v) is 11.5. The Kier molecular flexibility index (Phi) is 8.09. The summed E-state index contributed by atoms with van der Waals surface area (Å²) >= 11 is 8.94. The van der Waals surface area contributed by atoms with Gasteiger partial charge in [-0.25, -0.2) is 0 Å². The molecule has 0 bridgehead atoms. The highest BCUT2D eigenvalue weighted by Crippen LogP contribution is 2.28. The Morgan fingerprint density at radius 2 is 1.81 bits per heavy atom. The molecule has 0 radical (unpaired) electrons. The van der Waals surface area contributed by atoms with Crippen LogP contribution in [0.15, 0.2) is 46.9 Å². The number of nitrogens with one attached hydrogen (secondary N) is 1. The molecule has 170 valence electrons. The molecule has 2 amide bonds. The number of halogens is 1. The summed E-state index contributed by atoms with van der Waals surface area (Å²) in [5.41, 5.74) is 1.70. The van der Waals surface area contributed by atoms with Crippen molar-refractivity contribution in [2.45, 2.75) is 25.8 Å². The molecule has 0 aromatic heterocycles. The van der Waals surface area contributed by atoms with Gasteiger partial charge in [0.2, 0.25) is 5.91 Å². The summed E-state index contributed by atoms with van der Waals surface area (Å²) in [4.78, 5) is 29.0. The van der Waals surface area contributed by atoms with Crippen molar-refractivity contribution in [2.75, 3.05) is 32.6 Å². The van der Waals surface area contributed by atoms with E-state index < -0.39 is 6.04 Å². The fourth-order valence-corrected chi connectivity index (χ4v) is 4.34. The van der Waals surface area contributed by atoms with E-state index in [1.165, 1.54) is 0 Å². The number of carbonyl (C=O) groups is 2. The van der Waals surface area contributed by atoms with Gasteiger partial charge < -0.3 is 19.7 Å². The molecule has 0 spiro atoms. The van der Waals surface area contributed by atoms with Crippen molar-refractivity contribution in [2.24, 2.45) is 0 Å². The van der Waals surface area contributed by atoms with E-state index in [1.807, 2.05) is 42.2 Å². The number of anilines is 1. The van der Waals surface area contributed by atoms with Gasteiger partial charge in [-0.05, 0) is 67.5 Å². The van der Waals surface area contributed by atoms with Crippen molar-refractivity contribution in [3.8, 4) is 11.5 Å². The van der Waals surface area contributed by atoms with Gasteiger partial charge in [0, 0.05) is 23.2 Å². The Balaban J connectivity index is 1.71. The fraction of sp³-hybridized carbons (Fsp3) is 0.348. The van der Waals surface area contributed by atoms with Gasteiger partial charge in [-0.1, -0.05) is 22.0 Å². The van der Waals surface area contributed by atoms with Crippen LogP contribution in [-0.2, 0) is 16.0 Å². The predicted octanol–water partition coefficient (Wildman–Crippen LogP) is 3.86. The molecule has 2 aromatic carbocycles. The van der Waals surface area contributed by atoms with Gasteiger partial charge in [0.05, 0.1) is 20.6 Å². The number of methoxy groups -OCH3 is 2. The summed E-state index contributed by atoms with van der Waals surface area (Å²) in [6.07, 6.45) is 0.660. The average molecular weight is 520 g/mol. The van der Waals surface area contributed by atoms with Crippen LogP contribution in [0.2, 0.25) is 0 Å². The Labute approximate surface area is 201 Å². The van der Waals surface area contributed by atoms with Gasteiger partial charge in [-0.15, -0.1) is 0 Å². The quantitative estimate of drug-likeness (QED) is 0.507. The monoisotopic (exact) mass is 519 g/mol. The zero-order chi connectivity index (χ0) is 23.3. The van der Waals surface area contributed by atoms with Crippen LogP contribution >= 0.6 is 28.1 Å². The summed E-state index contributed by atoms with van der Waals surface area (Å²) in [6.45, 7) is 2.85. The lowest BCUT2D eigenvalue weighted by Crippen LogP contribution is -2.39. The Hall–Kier alpha value is -2.65. The van der Waals surface area contributed by atoms with Crippen LogP contribution in [0.5, 0.6) is 11.5 Å². The van der Waals surface area contributed by atoms with Gasteiger partial charge in [0.15, 0.2) is 16.6 Å². The van der Waals surface area contributed by atoms with Crippen LogP contribution in [0.4, 0.5) is 5.69 Å². The average Bonchev–Trinajstić information content (AvgIpc) is 3.01. The normalized spacial score (nSPS) is 15.8. The van der Waals surface area contributed by atoms with Crippen LogP contribution < -0.4 is 14.8 Å². The minimum absolute atomic E-state index is 0.0253. The number of nitrogens with zero attached hydrogens (tertiary/aromatic N) is 2. The highest BCUT2D eigenvalue weighted by Gasteiger charge is 2.42. The van der Waals surface area contributed by atoms with E-state index in [1.54, 1.807) is 31.3 Å². The summed E-state index contributed by atoms with van der Waals surface area (Å²) in [6, 6.07) is 12.4. The molecule has 3 rings (SSSR count). The Morgan fingerprint density at radius 3 is 2.44 bits per heavy atom. The molecule has 1 saturated heterocycles. The topological polar surface area (TPSA) is 71.1 Å². The van der Waals surface area contributed by atoms with Crippen molar-refractivity contribution in [1.29, 1.82) is 0 Å². The third-order valence-corrected chi connectivity index (χ3v) is 6.30. The Bertz CT molecular complexity index is 999. The van der Waals surface area contributed by atoms with Crippen molar-refractivity contribution in [3.05, 3.63) is 52.5 Å². The zero-order valence-corrected chi connectivity index (χ0v) is 20.7. The van der Waals surface area contributed by atoms with Gasteiger partial charge in [-0.3, -0.25) is 14.5 Å². The molecule has 32 heavy (non-hydrogen) atoms. The first-order valence-electron chi connectivity index (χ1n) is 10.3. The second-order valence-electron chi connectivity index (χ2n) is 7.27. The van der Waals surface area contributed by atoms with Gasteiger partial charge in [0.25, 0.3) is 5.91 Å². The second kappa shape index (κ2) is 10.8. The molecule has 7 nitrogen and oxygen atoms in total. The number of thiocarbonyl (C=S) groups is 1. The highest BCUT2D eigenvalue weighted by molar-refractivity contribution is 9.10. The van der Waals surface area contributed by atoms with E-state index in [-0.39, 0.29) is 18.2 Å². The molecule has 2 aromatic rings.